The summed E-state index contributed by atoms with van der Waals surface area (Å²) in [5.74, 6) is 0. The van der Waals surface area contributed by atoms with Crippen LogP contribution in [0.2, 0.25) is 0 Å². The van der Waals surface area contributed by atoms with E-state index in [2.05, 4.69) is 192 Å². The van der Waals surface area contributed by atoms with Gasteiger partial charge in [0, 0.05) is 0 Å². The van der Waals surface area contributed by atoms with E-state index in [1.165, 1.54) is 99.1 Å². The maximum atomic E-state index is 6.06. The van der Waals surface area contributed by atoms with Gasteiger partial charge in [-0.15, -0.1) is 0 Å². The lowest BCUT2D eigenvalue weighted by atomic mass is 9.83. The zero-order valence-electron chi connectivity index (χ0n) is 32.5. The average molecular weight is 710 g/mol. The highest BCUT2D eigenvalue weighted by Crippen LogP contribution is 2.46. The van der Waals surface area contributed by atoms with E-state index < -0.39 is 0 Å². The van der Waals surface area contributed by atoms with E-state index >= 15 is 0 Å². The Morgan fingerprint density at radius 1 is 0.527 bits per heavy atom. The van der Waals surface area contributed by atoms with Gasteiger partial charge >= 0.3 is 0 Å². The highest BCUT2D eigenvalue weighted by atomic mass is 14.5. The Morgan fingerprint density at radius 3 is 1.67 bits per heavy atom. The second-order valence-corrected chi connectivity index (χ2v) is 14.8. The minimum absolute atomic E-state index is 0.817. The van der Waals surface area contributed by atoms with Gasteiger partial charge < -0.3 is 5.73 Å². The molecule has 0 spiro atoms. The van der Waals surface area contributed by atoms with Crippen molar-refractivity contribution < 1.29 is 0 Å². The Morgan fingerprint density at radius 2 is 1.09 bits per heavy atom. The summed E-state index contributed by atoms with van der Waals surface area (Å²) in [6, 6.07) is 51.8. The lowest BCUT2D eigenvalue weighted by Gasteiger charge is -2.20. The molecule has 8 aromatic carbocycles. The van der Waals surface area contributed by atoms with E-state index in [0.717, 1.165) is 17.6 Å². The van der Waals surface area contributed by atoms with Crippen molar-refractivity contribution in [2.75, 3.05) is 0 Å². The molecule has 0 bridgehead atoms. The summed E-state index contributed by atoms with van der Waals surface area (Å²) < 4.78 is 0. The second-order valence-electron chi connectivity index (χ2n) is 14.8. The maximum absolute atomic E-state index is 6.06. The van der Waals surface area contributed by atoms with Crippen LogP contribution in [0.25, 0.3) is 77.3 Å². The van der Waals surface area contributed by atoms with E-state index in [1.54, 1.807) is 6.20 Å². The molecule has 2 N–H and O–H groups in total. The largest absolute Gasteiger partial charge is 0.405 e. The number of allylic oxidation sites excluding steroid dienone is 4. The zero-order valence-corrected chi connectivity index (χ0v) is 32.5. The SMILES string of the molecule is C/C=C\c1ccc(C/C=C(\C=C/N)c2cccc(-c3c4ccccc4c(-c4cccc5c(-c6c(C)cc(C)cc6C)cccc45)c4ccccc34)c2)cc1C. The van der Waals surface area contributed by atoms with Crippen molar-refractivity contribution in [3.63, 3.8) is 0 Å². The summed E-state index contributed by atoms with van der Waals surface area (Å²) in [7, 11) is 0. The molecule has 0 aliphatic rings. The molecule has 0 unspecified atom stereocenters. The van der Waals surface area contributed by atoms with Crippen LogP contribution < -0.4 is 5.73 Å². The molecular formula is C54H47N. The fourth-order valence-corrected chi connectivity index (χ4v) is 8.78. The number of hydrogen-bond donors (Lipinski definition) is 1. The number of nitrogens with two attached hydrogens (primary N) is 1. The van der Waals surface area contributed by atoms with Crippen LogP contribution in [0, 0.1) is 27.7 Å². The van der Waals surface area contributed by atoms with Crippen molar-refractivity contribution in [3.8, 4) is 33.4 Å². The van der Waals surface area contributed by atoms with Crippen molar-refractivity contribution in [1.82, 2.24) is 0 Å². The van der Waals surface area contributed by atoms with Crippen molar-refractivity contribution in [2.45, 2.75) is 41.0 Å². The third-order valence-corrected chi connectivity index (χ3v) is 11.1. The number of benzene rings is 8. The summed E-state index contributed by atoms with van der Waals surface area (Å²) in [5, 5.41) is 7.51. The molecule has 0 heterocycles. The van der Waals surface area contributed by atoms with Crippen molar-refractivity contribution in [3.05, 3.63) is 203 Å². The summed E-state index contributed by atoms with van der Waals surface area (Å²) >= 11 is 0. The molecule has 0 radical (unpaired) electrons. The second kappa shape index (κ2) is 15.1. The van der Waals surface area contributed by atoms with Crippen LogP contribution in [-0.4, -0.2) is 0 Å². The monoisotopic (exact) mass is 709 g/mol. The van der Waals surface area contributed by atoms with Crippen LogP contribution in [-0.2, 0) is 6.42 Å². The van der Waals surface area contributed by atoms with E-state index in [9.17, 15) is 0 Å². The summed E-state index contributed by atoms with van der Waals surface area (Å²) in [4.78, 5) is 0. The van der Waals surface area contributed by atoms with Gasteiger partial charge in [0.2, 0.25) is 0 Å². The molecule has 0 saturated heterocycles. The fourth-order valence-electron chi connectivity index (χ4n) is 8.78. The lowest BCUT2D eigenvalue weighted by Crippen LogP contribution is -1.94. The number of hydrogen-bond acceptors (Lipinski definition) is 1. The predicted octanol–water partition coefficient (Wildman–Crippen LogP) is 14.5. The number of fused-ring (bicyclic) bond motifs is 3. The lowest BCUT2D eigenvalue weighted by molar-refractivity contribution is 1.24. The van der Waals surface area contributed by atoms with Crippen molar-refractivity contribution in [1.29, 1.82) is 0 Å². The predicted molar refractivity (Wildman–Crippen MR) is 240 cm³/mol. The maximum Gasteiger partial charge on any atom is -0.00201 e. The first-order chi connectivity index (χ1) is 26.9. The molecule has 0 saturated carbocycles. The van der Waals surface area contributed by atoms with Crippen LogP contribution >= 0.6 is 0 Å². The minimum Gasteiger partial charge on any atom is -0.405 e. The highest BCUT2D eigenvalue weighted by Gasteiger charge is 2.19. The van der Waals surface area contributed by atoms with Gasteiger partial charge in [0.15, 0.2) is 0 Å². The molecule has 0 amide bonds. The highest BCUT2D eigenvalue weighted by molar-refractivity contribution is 6.24. The van der Waals surface area contributed by atoms with Gasteiger partial charge in [-0.1, -0.05) is 157 Å². The standard InChI is InChI=1S/C54H47N/c1-6-14-40-27-25-39(33-36(40)3)26-28-41(29-30-55)42-15-11-16-43(34-42)53-48-17-7-9-19-50(48)54(51-20-10-8-18-49(51)53)47-24-13-21-44-45(47)22-12-23-46(44)52-37(4)31-35(2)32-38(52)5/h6-25,27-34H,26,55H2,1-5H3/b14-6-,30-29-,41-28+. The van der Waals surface area contributed by atoms with E-state index in [4.69, 9.17) is 5.73 Å². The Hall–Kier alpha value is -6.44. The Balaban J connectivity index is 1.30. The van der Waals surface area contributed by atoms with Crippen LogP contribution in [0.15, 0.2) is 164 Å². The molecule has 0 atom stereocenters. The minimum atomic E-state index is 0.817. The van der Waals surface area contributed by atoms with Crippen molar-refractivity contribution >= 4 is 44.0 Å². The van der Waals surface area contributed by atoms with E-state index in [0.29, 0.717) is 0 Å². The molecule has 1 heteroatoms. The van der Waals surface area contributed by atoms with E-state index in [-0.39, 0.29) is 0 Å². The fraction of sp³-hybridized carbons (Fsp3) is 0.111. The molecular weight excluding hydrogens is 663 g/mol. The molecule has 268 valence electrons. The van der Waals surface area contributed by atoms with Gasteiger partial charge in [-0.25, -0.2) is 0 Å². The first kappa shape index (κ1) is 35.6. The number of aryl methyl sites for hydroxylation is 4. The quantitative estimate of drug-likeness (QED) is 0.123. The smallest absolute Gasteiger partial charge is 0.00201 e. The molecule has 0 aliphatic carbocycles. The molecule has 8 aromatic rings. The Kier molecular flexibility index (Phi) is 9.79. The van der Waals surface area contributed by atoms with Gasteiger partial charge in [0.25, 0.3) is 0 Å². The van der Waals surface area contributed by atoms with Crippen LogP contribution in [0.3, 0.4) is 0 Å². The molecule has 8 rings (SSSR count). The normalized spacial score (nSPS) is 12.2. The first-order valence-electron chi connectivity index (χ1n) is 19.3. The third-order valence-electron chi connectivity index (χ3n) is 11.1. The molecule has 1 nitrogen and oxygen atoms in total. The molecule has 0 aromatic heterocycles. The van der Waals surface area contributed by atoms with Crippen LogP contribution in [0.5, 0.6) is 0 Å². The van der Waals surface area contributed by atoms with E-state index in [1.807, 2.05) is 6.08 Å². The number of rotatable bonds is 8. The first-order valence-corrected chi connectivity index (χ1v) is 19.3. The Bertz CT molecular complexity index is 2760. The van der Waals surface area contributed by atoms with Gasteiger partial charge in [-0.2, -0.15) is 0 Å². The summed E-state index contributed by atoms with van der Waals surface area (Å²) in [5.41, 5.74) is 23.6. The average Bonchev–Trinajstić information content (AvgIpc) is 3.19. The zero-order chi connectivity index (χ0) is 38.1. The van der Waals surface area contributed by atoms with Crippen molar-refractivity contribution in [2.24, 2.45) is 5.73 Å². The van der Waals surface area contributed by atoms with Gasteiger partial charge in [0.1, 0.15) is 0 Å². The molecule has 55 heavy (non-hydrogen) atoms. The summed E-state index contributed by atoms with van der Waals surface area (Å²) in [6.45, 7) is 10.9. The third kappa shape index (κ3) is 6.68. The summed E-state index contributed by atoms with van der Waals surface area (Å²) in [6.07, 6.45) is 11.0. The van der Waals surface area contributed by atoms with Crippen LogP contribution in [0.1, 0.15) is 45.9 Å². The topological polar surface area (TPSA) is 26.0 Å². The molecule has 0 aliphatic heterocycles. The van der Waals surface area contributed by atoms with Gasteiger partial charge in [0.05, 0.1) is 0 Å². The van der Waals surface area contributed by atoms with Gasteiger partial charge in [-0.3, -0.25) is 0 Å². The van der Waals surface area contributed by atoms with Gasteiger partial charge in [-0.05, 0) is 164 Å². The van der Waals surface area contributed by atoms with Crippen LogP contribution in [0.4, 0.5) is 0 Å². The molecule has 0 fully saturated rings. The Labute approximate surface area is 325 Å².